The molecule has 2 heterocycles. The van der Waals surface area contributed by atoms with E-state index in [1.165, 1.54) is 0 Å². The van der Waals surface area contributed by atoms with E-state index >= 15 is 0 Å². The molecule has 120 valence electrons. The first-order valence-electron chi connectivity index (χ1n) is 7.16. The van der Waals surface area contributed by atoms with Gasteiger partial charge in [-0.2, -0.15) is 0 Å². The summed E-state index contributed by atoms with van der Waals surface area (Å²) in [5.41, 5.74) is 0.323. The molecule has 1 aliphatic carbocycles. The molecule has 1 spiro atoms. The van der Waals surface area contributed by atoms with Crippen LogP contribution < -0.4 is 10.6 Å². The van der Waals surface area contributed by atoms with Crippen molar-refractivity contribution in [3.05, 3.63) is 18.7 Å². The third-order valence-corrected chi connectivity index (χ3v) is 4.54. The lowest BCUT2D eigenvalue weighted by Gasteiger charge is -2.23. The van der Waals surface area contributed by atoms with Crippen LogP contribution in [0.2, 0.25) is 0 Å². The molecule has 1 saturated carbocycles. The molecule has 0 aromatic carbocycles. The van der Waals surface area contributed by atoms with E-state index < -0.39 is 0 Å². The van der Waals surface area contributed by atoms with E-state index in [4.69, 9.17) is 0 Å². The summed E-state index contributed by atoms with van der Waals surface area (Å²) in [6, 6.07) is 0.154. The number of nitrogens with one attached hydrogen (secondary N) is 2. The summed E-state index contributed by atoms with van der Waals surface area (Å²) < 4.78 is 2.00. The van der Waals surface area contributed by atoms with Crippen molar-refractivity contribution in [1.29, 1.82) is 0 Å². The molecule has 2 atom stereocenters. The van der Waals surface area contributed by atoms with E-state index in [-0.39, 0.29) is 42.7 Å². The Morgan fingerprint density at radius 2 is 2.19 bits per heavy atom. The molecule has 1 saturated heterocycles. The van der Waals surface area contributed by atoms with Crippen LogP contribution in [-0.2, 0) is 11.3 Å². The zero-order chi connectivity index (χ0) is 13.3. The highest BCUT2D eigenvalue weighted by molar-refractivity contribution is 5.85. The number of rotatable bonds is 4. The second-order valence-electron chi connectivity index (χ2n) is 6.04. The van der Waals surface area contributed by atoms with Crippen LogP contribution in [0.25, 0.3) is 0 Å². The normalized spacial score (nSPS) is 23.6. The topological polar surface area (TPSA) is 59.0 Å². The van der Waals surface area contributed by atoms with Crippen LogP contribution in [0.4, 0.5) is 0 Å². The van der Waals surface area contributed by atoms with Gasteiger partial charge in [-0.25, -0.2) is 4.98 Å². The zero-order valence-corrected chi connectivity index (χ0v) is 13.9. The molecular weight excluding hydrogens is 311 g/mol. The quantitative estimate of drug-likeness (QED) is 0.879. The number of imidazole rings is 1. The largest absolute Gasteiger partial charge is 0.352 e. The van der Waals surface area contributed by atoms with Crippen LogP contribution in [0, 0.1) is 11.3 Å². The van der Waals surface area contributed by atoms with Gasteiger partial charge in [0.25, 0.3) is 0 Å². The van der Waals surface area contributed by atoms with Gasteiger partial charge >= 0.3 is 0 Å². The van der Waals surface area contributed by atoms with Gasteiger partial charge in [-0.15, -0.1) is 24.8 Å². The van der Waals surface area contributed by atoms with Crippen LogP contribution in [0.1, 0.15) is 26.2 Å². The third kappa shape index (κ3) is 4.11. The smallest absolute Gasteiger partial charge is 0.223 e. The van der Waals surface area contributed by atoms with Gasteiger partial charge in [-0.1, -0.05) is 0 Å². The molecule has 5 nitrogen and oxygen atoms in total. The van der Waals surface area contributed by atoms with Gasteiger partial charge in [-0.3, -0.25) is 4.79 Å². The Hall–Kier alpha value is -0.780. The number of amides is 1. The summed E-state index contributed by atoms with van der Waals surface area (Å²) in [5, 5.41) is 6.51. The van der Waals surface area contributed by atoms with Crippen LogP contribution in [0.15, 0.2) is 18.7 Å². The van der Waals surface area contributed by atoms with Gasteiger partial charge in [0.05, 0.1) is 6.33 Å². The Morgan fingerprint density at radius 1 is 1.48 bits per heavy atom. The molecule has 3 rings (SSSR count). The molecule has 21 heavy (non-hydrogen) atoms. The zero-order valence-electron chi connectivity index (χ0n) is 12.2. The monoisotopic (exact) mass is 334 g/mol. The summed E-state index contributed by atoms with van der Waals surface area (Å²) >= 11 is 0. The molecule has 1 amide bonds. The third-order valence-electron chi connectivity index (χ3n) is 4.54. The van der Waals surface area contributed by atoms with Crippen LogP contribution in [-0.4, -0.2) is 34.6 Å². The minimum absolute atomic E-state index is 0. The molecule has 2 unspecified atom stereocenters. The first-order chi connectivity index (χ1) is 9.20. The van der Waals surface area contributed by atoms with Gasteiger partial charge < -0.3 is 15.2 Å². The van der Waals surface area contributed by atoms with E-state index in [2.05, 4.69) is 22.5 Å². The van der Waals surface area contributed by atoms with E-state index in [9.17, 15) is 4.79 Å². The summed E-state index contributed by atoms with van der Waals surface area (Å²) in [6.45, 7) is 4.96. The number of hydrogen-bond donors (Lipinski definition) is 2. The lowest BCUT2D eigenvalue weighted by Crippen LogP contribution is -2.39. The number of hydrogen-bond acceptors (Lipinski definition) is 3. The Labute approximate surface area is 138 Å². The predicted octanol–water partition coefficient (Wildman–Crippen LogP) is 1.62. The standard InChI is InChI=1S/C14H22N4O.2ClH/c1-11(9-18-7-6-16-10-18)17-13(19)12-8-14(12)2-4-15-5-3-14;;/h6-7,10-12,15H,2-5,8-9H2,1H3,(H,17,19);2*1H. The number of piperidine rings is 1. The second kappa shape index (κ2) is 7.47. The number of halogens is 2. The molecule has 2 N–H and O–H groups in total. The predicted molar refractivity (Wildman–Crippen MR) is 87.0 cm³/mol. The van der Waals surface area contributed by atoms with Crippen molar-refractivity contribution >= 4 is 30.7 Å². The van der Waals surface area contributed by atoms with Crippen LogP contribution in [0.5, 0.6) is 0 Å². The maximum absolute atomic E-state index is 12.3. The van der Waals surface area contributed by atoms with Gasteiger partial charge in [0.1, 0.15) is 0 Å². The van der Waals surface area contributed by atoms with Crippen LogP contribution in [0.3, 0.4) is 0 Å². The SMILES string of the molecule is CC(Cn1ccnc1)NC(=O)C1CC12CCNCC2.Cl.Cl. The van der Waals surface area contributed by atoms with E-state index in [0.29, 0.717) is 5.41 Å². The maximum atomic E-state index is 12.3. The van der Waals surface area contributed by atoms with Gasteiger partial charge in [0.2, 0.25) is 5.91 Å². The fourth-order valence-corrected chi connectivity index (χ4v) is 3.30. The number of carbonyl (C=O) groups excluding carboxylic acids is 1. The first-order valence-corrected chi connectivity index (χ1v) is 7.16. The van der Waals surface area contributed by atoms with Crippen molar-refractivity contribution < 1.29 is 4.79 Å². The lowest BCUT2D eigenvalue weighted by atomic mass is 9.91. The van der Waals surface area contributed by atoms with Crippen LogP contribution >= 0.6 is 24.8 Å². The summed E-state index contributed by atoms with van der Waals surface area (Å²) in [4.78, 5) is 16.3. The highest BCUT2D eigenvalue weighted by Crippen LogP contribution is 2.58. The highest BCUT2D eigenvalue weighted by Gasteiger charge is 2.57. The minimum atomic E-state index is 0. The fraction of sp³-hybridized carbons (Fsp3) is 0.714. The van der Waals surface area contributed by atoms with Crippen molar-refractivity contribution in [2.24, 2.45) is 11.3 Å². The fourth-order valence-electron chi connectivity index (χ4n) is 3.30. The Bertz CT molecular complexity index is 446. The van der Waals surface area contributed by atoms with Crippen molar-refractivity contribution in [3.8, 4) is 0 Å². The Kier molecular flexibility index (Phi) is 6.50. The van der Waals surface area contributed by atoms with Crippen molar-refractivity contribution in [2.75, 3.05) is 13.1 Å². The molecule has 0 bridgehead atoms. The first kappa shape index (κ1) is 18.3. The summed E-state index contributed by atoms with van der Waals surface area (Å²) in [7, 11) is 0. The molecule has 1 aliphatic heterocycles. The van der Waals surface area contributed by atoms with E-state index in [0.717, 1.165) is 38.9 Å². The van der Waals surface area contributed by atoms with E-state index in [1.54, 1.807) is 12.5 Å². The van der Waals surface area contributed by atoms with Crippen molar-refractivity contribution in [1.82, 2.24) is 20.2 Å². The van der Waals surface area contributed by atoms with Crippen molar-refractivity contribution in [2.45, 2.75) is 38.8 Å². The van der Waals surface area contributed by atoms with E-state index in [1.807, 2.05) is 10.8 Å². The average molecular weight is 335 g/mol. The summed E-state index contributed by atoms with van der Waals surface area (Å²) in [5.74, 6) is 0.495. The summed E-state index contributed by atoms with van der Waals surface area (Å²) in [6.07, 6.45) is 8.86. The molecule has 1 aromatic rings. The second-order valence-corrected chi connectivity index (χ2v) is 6.04. The average Bonchev–Trinajstić information content (AvgIpc) is 2.84. The van der Waals surface area contributed by atoms with Gasteiger partial charge in [-0.05, 0) is 44.7 Å². The minimum Gasteiger partial charge on any atom is -0.352 e. The Balaban J connectivity index is 0.00000110. The Morgan fingerprint density at radius 3 is 2.81 bits per heavy atom. The molecule has 7 heteroatoms. The molecule has 2 aliphatic rings. The van der Waals surface area contributed by atoms with Crippen molar-refractivity contribution in [3.63, 3.8) is 0 Å². The molecular formula is C14H24Cl2N4O. The lowest BCUT2D eigenvalue weighted by molar-refractivity contribution is -0.124. The molecule has 0 radical (unpaired) electrons. The molecule has 2 fully saturated rings. The number of aromatic nitrogens is 2. The number of nitrogens with zero attached hydrogens (tertiary/aromatic N) is 2. The molecule has 1 aromatic heterocycles. The van der Waals surface area contributed by atoms with Gasteiger partial charge in [0, 0.05) is 30.9 Å². The maximum Gasteiger partial charge on any atom is 0.223 e. The highest BCUT2D eigenvalue weighted by atomic mass is 35.5. The number of carbonyl (C=O) groups is 1. The van der Waals surface area contributed by atoms with Gasteiger partial charge in [0.15, 0.2) is 0 Å².